The van der Waals surface area contributed by atoms with Crippen molar-refractivity contribution < 1.29 is 17.2 Å². The van der Waals surface area contributed by atoms with Crippen LogP contribution in [-0.2, 0) is 10.0 Å². The molecule has 0 unspecified atom stereocenters. The van der Waals surface area contributed by atoms with Gasteiger partial charge in [-0.25, -0.2) is 8.42 Å². The van der Waals surface area contributed by atoms with Gasteiger partial charge in [-0.1, -0.05) is 24.4 Å². The highest BCUT2D eigenvalue weighted by Gasteiger charge is 2.24. The number of thiocarbonyl (C=S) groups is 1. The highest BCUT2D eigenvalue weighted by atomic mass is 32.2. The first-order chi connectivity index (χ1) is 7.74. The Labute approximate surface area is 103 Å². The monoisotopic (exact) mass is 280 g/mol. The molecular weight excluding hydrogens is 270 g/mol. The smallest absolute Gasteiger partial charge is 0.355 e. The molecule has 0 heterocycles. The summed E-state index contributed by atoms with van der Waals surface area (Å²) in [5, 5.41) is 0. The van der Waals surface area contributed by atoms with E-state index in [4.69, 9.17) is 18.0 Å². The lowest BCUT2D eigenvalue weighted by Gasteiger charge is -2.11. The summed E-state index contributed by atoms with van der Waals surface area (Å²) in [4.78, 5) is 0.0579. The fourth-order valence-corrected chi connectivity index (χ4v) is 1.83. The van der Waals surface area contributed by atoms with Gasteiger partial charge in [0.1, 0.15) is 4.99 Å². The number of hydrogen-bond donors (Lipinski definition) is 2. The predicted molar refractivity (Wildman–Crippen MR) is 65.6 cm³/mol. The number of anilines is 1. The molecule has 0 spiro atoms. The highest BCUT2D eigenvalue weighted by molar-refractivity contribution is 7.93. The molecule has 0 saturated heterocycles. The average molecular weight is 280 g/mol. The molecule has 3 N–H and O–H groups in total. The summed E-state index contributed by atoms with van der Waals surface area (Å²) in [6, 6.07) is 4.44. The van der Waals surface area contributed by atoms with Crippen LogP contribution >= 0.6 is 12.2 Å². The second-order valence-corrected chi connectivity index (χ2v) is 5.39. The lowest BCUT2D eigenvalue weighted by molar-refractivity contribution is 0.236. The predicted octanol–water partition coefficient (Wildman–Crippen LogP) is 1.59. The van der Waals surface area contributed by atoms with E-state index in [0.717, 1.165) is 0 Å². The quantitative estimate of drug-likeness (QED) is 0.822. The molecule has 0 aliphatic carbocycles. The van der Waals surface area contributed by atoms with E-state index < -0.39 is 15.8 Å². The minimum Gasteiger partial charge on any atom is -0.389 e. The fraction of sp³-hybridized carbons (Fsp3) is 0.222. The van der Waals surface area contributed by atoms with E-state index in [9.17, 15) is 17.2 Å². The molecule has 17 heavy (non-hydrogen) atoms. The van der Waals surface area contributed by atoms with Gasteiger partial charge in [0.05, 0.1) is 5.69 Å². The van der Waals surface area contributed by atoms with E-state index in [2.05, 4.69) is 0 Å². The molecule has 0 amide bonds. The van der Waals surface area contributed by atoms with Crippen LogP contribution in [-0.4, -0.2) is 19.2 Å². The summed E-state index contributed by atoms with van der Waals surface area (Å²) in [7, 11) is -4.68. The first kappa shape index (κ1) is 13.8. The van der Waals surface area contributed by atoms with Crippen molar-refractivity contribution in [3.63, 3.8) is 0 Å². The SMILES string of the molecule is Cc1ccc(C(N)=S)cc1NS(=O)(=O)C(F)F. The Morgan fingerprint density at radius 1 is 1.47 bits per heavy atom. The molecule has 1 rings (SSSR count). The second-order valence-electron chi connectivity index (χ2n) is 3.30. The van der Waals surface area contributed by atoms with Gasteiger partial charge in [0, 0.05) is 5.56 Å². The molecule has 0 saturated carbocycles. The molecule has 0 bridgehead atoms. The lowest BCUT2D eigenvalue weighted by Crippen LogP contribution is -2.21. The third-order valence-electron chi connectivity index (χ3n) is 2.01. The Morgan fingerprint density at radius 3 is 2.53 bits per heavy atom. The van der Waals surface area contributed by atoms with Gasteiger partial charge in [-0.15, -0.1) is 0 Å². The van der Waals surface area contributed by atoms with Crippen LogP contribution in [0.15, 0.2) is 18.2 Å². The number of alkyl halides is 2. The minimum atomic E-state index is -4.68. The second kappa shape index (κ2) is 4.92. The number of hydrogen-bond acceptors (Lipinski definition) is 3. The van der Waals surface area contributed by atoms with E-state index in [1.54, 1.807) is 17.7 Å². The van der Waals surface area contributed by atoms with E-state index in [1.165, 1.54) is 12.1 Å². The Bertz CT molecular complexity index is 544. The molecule has 8 heteroatoms. The molecule has 0 aromatic heterocycles. The Balaban J connectivity index is 3.15. The molecule has 1 aromatic rings. The average Bonchev–Trinajstić information content (AvgIpc) is 2.20. The number of rotatable bonds is 4. The molecular formula is C9H10F2N2O2S2. The fourth-order valence-electron chi connectivity index (χ4n) is 1.08. The van der Waals surface area contributed by atoms with Gasteiger partial charge in [-0.05, 0) is 18.6 Å². The van der Waals surface area contributed by atoms with Gasteiger partial charge in [0.15, 0.2) is 0 Å². The van der Waals surface area contributed by atoms with Gasteiger partial charge >= 0.3 is 5.76 Å². The summed E-state index contributed by atoms with van der Waals surface area (Å²) in [5.41, 5.74) is 6.30. The van der Waals surface area contributed by atoms with Crippen molar-refractivity contribution in [2.45, 2.75) is 12.7 Å². The normalized spacial score (nSPS) is 11.5. The van der Waals surface area contributed by atoms with Crippen LogP contribution < -0.4 is 10.5 Å². The van der Waals surface area contributed by atoms with Crippen molar-refractivity contribution in [3.8, 4) is 0 Å². The Hall–Kier alpha value is -1.28. The van der Waals surface area contributed by atoms with Crippen molar-refractivity contribution in [3.05, 3.63) is 29.3 Å². The number of nitrogens with two attached hydrogens (primary N) is 1. The van der Waals surface area contributed by atoms with E-state index in [-0.39, 0.29) is 10.7 Å². The lowest BCUT2D eigenvalue weighted by atomic mass is 10.1. The summed E-state index contributed by atoms with van der Waals surface area (Å²) < 4.78 is 48.2. The number of benzene rings is 1. The maximum atomic E-state index is 12.2. The molecule has 0 radical (unpaired) electrons. The summed E-state index contributed by atoms with van der Waals surface area (Å²) in [5.74, 6) is -3.49. The molecule has 94 valence electrons. The van der Waals surface area contributed by atoms with Gasteiger partial charge in [0.25, 0.3) is 10.0 Å². The topological polar surface area (TPSA) is 72.2 Å². The van der Waals surface area contributed by atoms with Crippen molar-refractivity contribution in [2.24, 2.45) is 5.73 Å². The van der Waals surface area contributed by atoms with Gasteiger partial charge in [-0.3, -0.25) is 4.72 Å². The zero-order valence-electron chi connectivity index (χ0n) is 8.78. The van der Waals surface area contributed by atoms with Crippen LogP contribution in [0, 0.1) is 6.92 Å². The maximum absolute atomic E-state index is 12.2. The van der Waals surface area contributed by atoms with Crippen LogP contribution in [0.4, 0.5) is 14.5 Å². The Morgan fingerprint density at radius 2 is 2.06 bits per heavy atom. The first-order valence-corrected chi connectivity index (χ1v) is 6.39. The van der Waals surface area contributed by atoms with Gasteiger partial charge in [-0.2, -0.15) is 8.78 Å². The van der Waals surface area contributed by atoms with Crippen LogP contribution in [0.5, 0.6) is 0 Å². The largest absolute Gasteiger partial charge is 0.389 e. The first-order valence-electron chi connectivity index (χ1n) is 4.44. The molecule has 0 aliphatic rings. The van der Waals surface area contributed by atoms with Gasteiger partial charge in [0.2, 0.25) is 0 Å². The van der Waals surface area contributed by atoms with Crippen LogP contribution in [0.2, 0.25) is 0 Å². The molecule has 4 nitrogen and oxygen atoms in total. The minimum absolute atomic E-state index is 0.0376. The zero-order valence-corrected chi connectivity index (χ0v) is 10.4. The number of aryl methyl sites for hydroxylation is 1. The summed E-state index contributed by atoms with van der Waals surface area (Å²) in [6.45, 7) is 1.58. The van der Waals surface area contributed by atoms with Gasteiger partial charge < -0.3 is 5.73 Å². The third kappa shape index (κ3) is 3.34. The van der Waals surface area contributed by atoms with Crippen molar-refractivity contribution >= 4 is 32.9 Å². The highest BCUT2D eigenvalue weighted by Crippen LogP contribution is 2.20. The molecule has 0 atom stereocenters. The summed E-state index contributed by atoms with van der Waals surface area (Å²) in [6.07, 6.45) is 0. The van der Waals surface area contributed by atoms with Crippen molar-refractivity contribution in [1.29, 1.82) is 0 Å². The zero-order chi connectivity index (χ0) is 13.2. The molecule has 0 fully saturated rings. The maximum Gasteiger partial charge on any atom is 0.355 e. The Kier molecular flexibility index (Phi) is 3.99. The number of halogens is 2. The third-order valence-corrected chi connectivity index (χ3v) is 3.22. The van der Waals surface area contributed by atoms with E-state index in [1.807, 2.05) is 0 Å². The number of nitrogens with one attached hydrogen (secondary N) is 1. The van der Waals surface area contributed by atoms with E-state index in [0.29, 0.717) is 11.1 Å². The molecule has 0 aliphatic heterocycles. The van der Waals surface area contributed by atoms with Crippen LogP contribution in [0.3, 0.4) is 0 Å². The van der Waals surface area contributed by atoms with E-state index >= 15 is 0 Å². The van der Waals surface area contributed by atoms with Crippen molar-refractivity contribution in [2.75, 3.05) is 4.72 Å². The van der Waals surface area contributed by atoms with Crippen molar-refractivity contribution in [1.82, 2.24) is 0 Å². The summed E-state index contributed by atoms with van der Waals surface area (Å²) >= 11 is 4.71. The molecule has 1 aromatic carbocycles. The number of sulfonamides is 1. The van der Waals surface area contributed by atoms with Crippen LogP contribution in [0.1, 0.15) is 11.1 Å². The standard InChI is InChI=1S/C9H10F2N2O2S2/c1-5-2-3-6(8(12)16)4-7(5)13-17(14,15)9(10)11/h2-4,9,13H,1H3,(H2,12,16). The van der Waals surface area contributed by atoms with Crippen LogP contribution in [0.25, 0.3) is 0 Å².